The number of primary amides is 1. The first kappa shape index (κ1) is 9.88. The van der Waals surface area contributed by atoms with Crippen LogP contribution in [0.25, 0.3) is 10.2 Å². The summed E-state index contributed by atoms with van der Waals surface area (Å²) >= 11 is 1.46. The lowest BCUT2D eigenvalue weighted by Gasteiger charge is -1.91. The van der Waals surface area contributed by atoms with Crippen molar-refractivity contribution >= 4 is 39.9 Å². The van der Waals surface area contributed by atoms with Crippen LogP contribution in [0.5, 0.6) is 0 Å². The summed E-state index contributed by atoms with van der Waals surface area (Å²) in [5.74, 6) is -0.518. The van der Waals surface area contributed by atoms with Gasteiger partial charge < -0.3 is 5.73 Å². The number of nitrogens with zero attached hydrogens (tertiary/aromatic N) is 2. The lowest BCUT2D eigenvalue weighted by molar-refractivity contribution is 0.0991. The average molecular weight is 217 g/mol. The van der Waals surface area contributed by atoms with E-state index in [-0.39, 0.29) is 19.7 Å². The van der Waals surface area contributed by atoms with E-state index in [9.17, 15) is 4.79 Å². The monoisotopic (exact) mass is 216 g/mol. The minimum atomic E-state index is -0.592. The molecule has 0 fully saturated rings. The molecule has 4 nitrogen and oxygen atoms in total. The Morgan fingerprint density at radius 1 is 1.62 bits per heavy atom. The Balaban J connectivity index is 0.000000845. The van der Waals surface area contributed by atoms with Crippen LogP contribution >= 0.6 is 23.7 Å². The van der Waals surface area contributed by atoms with Crippen molar-refractivity contribution in [1.82, 2.24) is 9.97 Å². The molecule has 0 atom stereocenters. The van der Waals surface area contributed by atoms with Gasteiger partial charge in [-0.2, -0.15) is 0 Å². The van der Waals surface area contributed by atoms with Crippen LogP contribution < -0.4 is 5.73 Å². The molecule has 2 aromatic rings. The van der Waals surface area contributed by atoms with Crippen LogP contribution in [0, 0.1) is 0 Å². The van der Waals surface area contributed by atoms with Crippen molar-refractivity contribution < 1.29 is 6.22 Å². The molecule has 1 amide bonds. The molecule has 0 aliphatic rings. The number of fused-ring (bicyclic) bond motifs is 1. The minimum Gasteiger partial charge on any atom is -0.363 e. The predicted octanol–water partition coefficient (Wildman–Crippen LogP) is 1.32. The second-order valence-electron chi connectivity index (χ2n) is 2.24. The first-order valence-corrected chi connectivity index (χ1v) is 4.15. The van der Waals surface area contributed by atoms with E-state index in [0.717, 1.165) is 10.2 Å². The summed E-state index contributed by atoms with van der Waals surface area (Å²) < 4.78 is 0. The molecular weight excluding hydrogens is 210 g/mol. The summed E-state index contributed by atoms with van der Waals surface area (Å²) in [6, 6.07) is 1.89. The molecule has 0 radical (unpaired) electrons. The highest BCUT2D eigenvalue weighted by Gasteiger charge is 2.04. The standard InChI is InChI=1S/C7H5N3OS.ClH/c8-5(11)6-9-3-4-1-2-12-7(4)10-6;/h1-3H,(H2,8,11);1H/p+1. The molecule has 6 heteroatoms. The maximum atomic E-state index is 10.7. The molecule has 0 saturated heterocycles. The van der Waals surface area contributed by atoms with Crippen molar-refractivity contribution in [2.75, 3.05) is 0 Å². The van der Waals surface area contributed by atoms with E-state index < -0.39 is 5.91 Å². The second-order valence-corrected chi connectivity index (χ2v) is 3.13. The fourth-order valence-corrected chi connectivity index (χ4v) is 1.61. The van der Waals surface area contributed by atoms with Gasteiger partial charge in [0.25, 0.3) is 5.91 Å². The molecule has 2 heterocycles. The molecule has 2 N–H and O–H groups in total. The van der Waals surface area contributed by atoms with Gasteiger partial charge in [0.05, 0.1) is 0 Å². The first-order valence-electron chi connectivity index (χ1n) is 3.27. The van der Waals surface area contributed by atoms with E-state index in [1.165, 1.54) is 11.3 Å². The number of amides is 1. The zero-order valence-electron chi connectivity index (χ0n) is 7.43. The van der Waals surface area contributed by atoms with Crippen LogP contribution in [0.1, 0.15) is 12.0 Å². The van der Waals surface area contributed by atoms with Crippen molar-refractivity contribution in [3.63, 3.8) is 0 Å². The van der Waals surface area contributed by atoms with Crippen molar-refractivity contribution in [1.29, 1.82) is 0 Å². The van der Waals surface area contributed by atoms with Crippen LogP contribution in [-0.4, -0.2) is 15.9 Å². The van der Waals surface area contributed by atoms with Gasteiger partial charge in [-0.15, -0.1) is 23.7 Å². The van der Waals surface area contributed by atoms with Crippen LogP contribution in [0.2, 0.25) is 0 Å². The van der Waals surface area contributed by atoms with E-state index in [4.69, 9.17) is 5.73 Å². The van der Waals surface area contributed by atoms with E-state index >= 15 is 0 Å². The van der Waals surface area contributed by atoms with Gasteiger partial charge in [-0.3, -0.25) is 4.79 Å². The Bertz CT molecular complexity index is 447. The van der Waals surface area contributed by atoms with Gasteiger partial charge in [0.15, 0.2) is 0 Å². The number of hydrogen-bond donors (Lipinski definition) is 1. The van der Waals surface area contributed by atoms with Gasteiger partial charge >= 0.3 is 1.43 Å². The Morgan fingerprint density at radius 2 is 2.38 bits per heavy atom. The number of carbonyl (C=O) groups excluding carboxylic acids is 1. The third-order valence-corrected chi connectivity index (χ3v) is 2.25. The Morgan fingerprint density at radius 3 is 3.08 bits per heavy atom. The van der Waals surface area contributed by atoms with E-state index in [2.05, 4.69) is 9.97 Å². The predicted molar refractivity (Wildman–Crippen MR) is 54.3 cm³/mol. The summed E-state index contributed by atoms with van der Waals surface area (Å²) in [6.07, 6.45) is 1.60. The Kier molecular flexibility index (Phi) is 2.79. The molecule has 13 heavy (non-hydrogen) atoms. The van der Waals surface area contributed by atoms with Gasteiger partial charge in [-0.1, -0.05) is 0 Å². The topological polar surface area (TPSA) is 68.9 Å². The maximum Gasteiger partial charge on any atom is 1.00 e. The highest BCUT2D eigenvalue weighted by Crippen LogP contribution is 2.16. The fraction of sp³-hybridized carbons (Fsp3) is 0. The number of hydrogen-bond acceptors (Lipinski definition) is 4. The normalized spacial score (nSPS) is 9.54. The van der Waals surface area contributed by atoms with Crippen LogP contribution in [-0.2, 0) is 0 Å². The minimum absolute atomic E-state index is 0. The summed E-state index contributed by atoms with van der Waals surface area (Å²) in [4.78, 5) is 19.2. The Hall–Kier alpha value is -1.20. The molecule has 2 aromatic heterocycles. The molecule has 0 aromatic carbocycles. The quantitative estimate of drug-likeness (QED) is 0.782. The van der Waals surface area contributed by atoms with E-state index in [0.29, 0.717) is 0 Å². The molecule has 68 valence electrons. The maximum absolute atomic E-state index is 10.7. The summed E-state index contributed by atoms with van der Waals surface area (Å²) in [6.45, 7) is 0. The smallest absolute Gasteiger partial charge is 0.363 e. The van der Waals surface area contributed by atoms with Crippen molar-refractivity contribution in [2.24, 2.45) is 5.73 Å². The second kappa shape index (κ2) is 3.68. The van der Waals surface area contributed by atoms with Gasteiger partial charge in [-0.05, 0) is 11.4 Å². The van der Waals surface area contributed by atoms with Crippen LogP contribution in [0.3, 0.4) is 0 Å². The van der Waals surface area contributed by atoms with Crippen LogP contribution in [0.4, 0.5) is 0 Å². The van der Waals surface area contributed by atoms with E-state index in [1.54, 1.807) is 6.20 Å². The lowest BCUT2D eigenvalue weighted by atomic mass is 10.4. The van der Waals surface area contributed by atoms with Gasteiger partial charge in [-0.25, -0.2) is 9.97 Å². The number of thiophene rings is 1. The zero-order valence-corrected chi connectivity index (χ0v) is 8.06. The molecule has 0 aliphatic carbocycles. The zero-order chi connectivity index (χ0) is 8.55. The number of aromatic nitrogens is 2. The molecule has 2 rings (SSSR count). The molecule has 0 saturated carbocycles. The molecule has 0 bridgehead atoms. The van der Waals surface area contributed by atoms with Crippen molar-refractivity contribution in [2.45, 2.75) is 0 Å². The van der Waals surface area contributed by atoms with Crippen molar-refractivity contribution in [3.05, 3.63) is 23.5 Å². The van der Waals surface area contributed by atoms with Gasteiger partial charge in [0.1, 0.15) is 4.83 Å². The first-order chi connectivity index (χ1) is 5.77. The fourth-order valence-electron chi connectivity index (χ4n) is 0.875. The number of nitrogens with two attached hydrogens (primary N) is 1. The number of halogens is 1. The molecule has 0 aliphatic heterocycles. The summed E-state index contributed by atoms with van der Waals surface area (Å²) in [5.41, 5.74) is 5.01. The summed E-state index contributed by atoms with van der Waals surface area (Å²) in [7, 11) is 0. The van der Waals surface area contributed by atoms with Gasteiger partial charge in [0, 0.05) is 11.6 Å². The number of rotatable bonds is 1. The molecular formula is C7H7ClN3OS+. The van der Waals surface area contributed by atoms with E-state index in [1.807, 2.05) is 11.4 Å². The average Bonchev–Trinajstić information content (AvgIpc) is 2.49. The number of carbonyl (C=O) groups is 1. The SMILES string of the molecule is Cl.NC(=O)c1ncc2ccsc2n1.[H+]. The lowest BCUT2D eigenvalue weighted by Crippen LogP contribution is -2.14. The molecule has 0 spiro atoms. The third-order valence-electron chi connectivity index (χ3n) is 1.43. The highest BCUT2D eigenvalue weighted by molar-refractivity contribution is 7.16. The Labute approximate surface area is 85.7 Å². The van der Waals surface area contributed by atoms with Crippen LogP contribution in [0.15, 0.2) is 17.6 Å². The highest BCUT2D eigenvalue weighted by atomic mass is 35.5. The largest absolute Gasteiger partial charge is 1.00 e. The molecule has 0 unspecified atom stereocenters. The van der Waals surface area contributed by atoms with Gasteiger partial charge in [0.2, 0.25) is 5.82 Å². The third kappa shape index (κ3) is 1.76. The van der Waals surface area contributed by atoms with Crippen molar-refractivity contribution in [3.8, 4) is 0 Å². The summed E-state index contributed by atoms with van der Waals surface area (Å²) in [5, 5.41) is 2.83.